The van der Waals surface area contributed by atoms with E-state index in [1.54, 1.807) is 54.6 Å². The molecule has 0 radical (unpaired) electrons. The summed E-state index contributed by atoms with van der Waals surface area (Å²) >= 11 is 0. The summed E-state index contributed by atoms with van der Waals surface area (Å²) < 4.78 is 37.1. The maximum Gasteiger partial charge on any atom is 0.324 e. The highest BCUT2D eigenvalue weighted by Gasteiger charge is 2.24. The average Bonchev–Trinajstić information content (AvgIpc) is 2.87. The lowest BCUT2D eigenvalue weighted by Gasteiger charge is -2.14. The molecule has 182 valence electrons. The third kappa shape index (κ3) is 6.75. The molecule has 0 saturated heterocycles. The number of anilines is 1. The molecule has 0 saturated carbocycles. The molecule has 0 aliphatic rings. The van der Waals surface area contributed by atoms with Gasteiger partial charge in [-0.05, 0) is 43.3 Å². The van der Waals surface area contributed by atoms with E-state index in [9.17, 15) is 22.8 Å². The highest BCUT2D eigenvalue weighted by molar-refractivity contribution is 7.89. The van der Waals surface area contributed by atoms with Crippen LogP contribution in [0.3, 0.4) is 0 Å². The molecular formula is C25H24N2O7S. The van der Waals surface area contributed by atoms with E-state index in [0.717, 1.165) is 0 Å². The second-order valence-corrected chi connectivity index (χ2v) is 9.13. The first-order chi connectivity index (χ1) is 16.7. The number of carbonyl (C=O) groups is 3. The number of ketones is 1. The van der Waals surface area contributed by atoms with Crippen molar-refractivity contribution in [2.75, 3.05) is 19.0 Å². The highest BCUT2D eigenvalue weighted by Crippen LogP contribution is 2.19. The van der Waals surface area contributed by atoms with Crippen LogP contribution in [0.4, 0.5) is 5.69 Å². The van der Waals surface area contributed by atoms with E-state index in [1.807, 2.05) is 0 Å². The summed E-state index contributed by atoms with van der Waals surface area (Å²) in [6.07, 6.45) is 0. The lowest BCUT2D eigenvalue weighted by atomic mass is 10.0. The summed E-state index contributed by atoms with van der Waals surface area (Å²) in [5.41, 5.74) is 0.994. The molecule has 0 spiro atoms. The summed E-state index contributed by atoms with van der Waals surface area (Å²) in [4.78, 5) is 37.4. The number of nitrogens with one attached hydrogen (secondary N) is 2. The molecule has 1 unspecified atom stereocenters. The first kappa shape index (κ1) is 25.6. The second-order valence-electron chi connectivity index (χ2n) is 7.42. The number of benzene rings is 3. The van der Waals surface area contributed by atoms with Crippen molar-refractivity contribution in [2.24, 2.45) is 0 Å². The number of ether oxygens (including phenoxy) is 2. The van der Waals surface area contributed by atoms with Gasteiger partial charge in [0.1, 0.15) is 11.8 Å². The fraction of sp³-hybridized carbons (Fsp3) is 0.160. The highest BCUT2D eigenvalue weighted by atomic mass is 32.2. The van der Waals surface area contributed by atoms with E-state index < -0.39 is 34.5 Å². The molecule has 9 nitrogen and oxygen atoms in total. The van der Waals surface area contributed by atoms with Crippen molar-refractivity contribution in [3.8, 4) is 5.75 Å². The number of carbonyl (C=O) groups excluding carboxylic acids is 3. The average molecular weight is 497 g/mol. The number of rotatable bonds is 10. The van der Waals surface area contributed by atoms with Crippen molar-refractivity contribution in [2.45, 2.75) is 17.9 Å². The quantitative estimate of drug-likeness (QED) is 0.326. The van der Waals surface area contributed by atoms with Crippen LogP contribution in [0.5, 0.6) is 5.75 Å². The largest absolute Gasteiger partial charge is 0.497 e. The van der Waals surface area contributed by atoms with Gasteiger partial charge in [0, 0.05) is 11.1 Å². The van der Waals surface area contributed by atoms with Crippen LogP contribution >= 0.6 is 0 Å². The maximum absolute atomic E-state index is 12.8. The van der Waals surface area contributed by atoms with Gasteiger partial charge in [0.25, 0.3) is 5.91 Å². The molecule has 0 fully saturated rings. The van der Waals surface area contributed by atoms with E-state index in [1.165, 1.54) is 38.3 Å². The summed E-state index contributed by atoms with van der Waals surface area (Å²) in [6, 6.07) is 19.4. The van der Waals surface area contributed by atoms with E-state index in [0.29, 0.717) is 11.3 Å². The van der Waals surface area contributed by atoms with E-state index in [4.69, 9.17) is 9.47 Å². The predicted octanol–water partition coefficient (Wildman–Crippen LogP) is 2.77. The van der Waals surface area contributed by atoms with Crippen LogP contribution in [0.2, 0.25) is 0 Å². The van der Waals surface area contributed by atoms with Crippen LogP contribution in [0, 0.1) is 0 Å². The van der Waals surface area contributed by atoms with Crippen LogP contribution in [0.25, 0.3) is 0 Å². The molecule has 3 aromatic carbocycles. The van der Waals surface area contributed by atoms with Crippen LogP contribution < -0.4 is 14.8 Å². The smallest absolute Gasteiger partial charge is 0.324 e. The topological polar surface area (TPSA) is 128 Å². The lowest BCUT2D eigenvalue weighted by molar-refractivity contribution is -0.148. The summed E-state index contributed by atoms with van der Waals surface area (Å²) in [5.74, 6) is -1.42. The minimum atomic E-state index is -4.00. The Kier molecular flexibility index (Phi) is 8.34. The Morgan fingerprint density at radius 1 is 0.886 bits per heavy atom. The Hall–Kier alpha value is -4.02. The third-order valence-corrected chi connectivity index (χ3v) is 6.44. The second kappa shape index (κ2) is 11.4. The molecule has 1 amide bonds. The number of sulfonamides is 1. The zero-order chi connectivity index (χ0) is 25.4. The first-order valence-electron chi connectivity index (χ1n) is 10.5. The van der Waals surface area contributed by atoms with Crippen molar-refractivity contribution < 1.29 is 32.3 Å². The van der Waals surface area contributed by atoms with Crippen LogP contribution in [-0.4, -0.2) is 45.8 Å². The van der Waals surface area contributed by atoms with Crippen LogP contribution in [-0.2, 0) is 24.3 Å². The molecule has 0 aromatic heterocycles. The van der Waals surface area contributed by atoms with Gasteiger partial charge in [0.05, 0.1) is 17.7 Å². The fourth-order valence-electron chi connectivity index (χ4n) is 3.09. The Morgan fingerprint density at radius 2 is 1.51 bits per heavy atom. The van der Waals surface area contributed by atoms with Gasteiger partial charge in [-0.2, -0.15) is 4.72 Å². The van der Waals surface area contributed by atoms with Gasteiger partial charge >= 0.3 is 5.97 Å². The molecule has 1 atom stereocenters. The van der Waals surface area contributed by atoms with Gasteiger partial charge in [0.2, 0.25) is 10.0 Å². The first-order valence-corrected chi connectivity index (χ1v) is 12.0. The minimum absolute atomic E-state index is 0.0598. The van der Waals surface area contributed by atoms with Gasteiger partial charge in [-0.3, -0.25) is 14.4 Å². The van der Waals surface area contributed by atoms with E-state index >= 15 is 0 Å². The van der Waals surface area contributed by atoms with Crippen molar-refractivity contribution in [3.05, 3.63) is 90.0 Å². The molecule has 0 aliphatic carbocycles. The Morgan fingerprint density at radius 3 is 2.17 bits per heavy atom. The standard InChI is InChI=1S/C25H24N2O7S/c1-17(27-35(31,32)20-14-12-19(33-2)13-15-20)25(30)34-16-23(28)26-22-11-7-6-10-21(22)24(29)18-8-4-3-5-9-18/h3-15,17,27H,16H2,1-2H3,(H,26,28). The third-order valence-electron chi connectivity index (χ3n) is 4.88. The zero-order valence-electron chi connectivity index (χ0n) is 19.1. The van der Waals surface area contributed by atoms with Gasteiger partial charge in [-0.15, -0.1) is 0 Å². The summed E-state index contributed by atoms with van der Waals surface area (Å²) in [7, 11) is -2.55. The predicted molar refractivity (Wildman–Crippen MR) is 129 cm³/mol. The Bertz CT molecular complexity index is 1310. The van der Waals surface area contributed by atoms with E-state index in [2.05, 4.69) is 10.0 Å². The molecule has 0 aliphatic heterocycles. The van der Waals surface area contributed by atoms with Gasteiger partial charge in [0.15, 0.2) is 12.4 Å². The van der Waals surface area contributed by atoms with Gasteiger partial charge < -0.3 is 14.8 Å². The van der Waals surface area contributed by atoms with Crippen molar-refractivity contribution in [1.29, 1.82) is 0 Å². The molecular weight excluding hydrogens is 472 g/mol. The van der Waals surface area contributed by atoms with Crippen molar-refractivity contribution in [1.82, 2.24) is 4.72 Å². The molecule has 3 rings (SSSR count). The zero-order valence-corrected chi connectivity index (χ0v) is 19.9. The normalized spacial score (nSPS) is 11.8. The summed E-state index contributed by atoms with van der Waals surface area (Å²) in [5, 5.41) is 2.55. The molecule has 35 heavy (non-hydrogen) atoms. The van der Waals surface area contributed by atoms with Crippen LogP contribution in [0.15, 0.2) is 83.8 Å². The molecule has 10 heteroatoms. The number of methoxy groups -OCH3 is 1. The number of para-hydroxylation sites is 1. The molecule has 2 N–H and O–H groups in total. The number of esters is 1. The fourth-order valence-corrected chi connectivity index (χ4v) is 4.28. The van der Waals surface area contributed by atoms with Gasteiger partial charge in [-0.25, -0.2) is 8.42 Å². The Balaban J connectivity index is 1.58. The van der Waals surface area contributed by atoms with Crippen molar-refractivity contribution >= 4 is 33.4 Å². The Labute approximate surface area is 203 Å². The number of amides is 1. The summed E-state index contributed by atoms with van der Waals surface area (Å²) in [6.45, 7) is 0.635. The SMILES string of the molecule is COc1ccc(S(=O)(=O)NC(C)C(=O)OCC(=O)Nc2ccccc2C(=O)c2ccccc2)cc1. The van der Waals surface area contributed by atoms with Gasteiger partial charge in [-0.1, -0.05) is 42.5 Å². The monoisotopic (exact) mass is 496 g/mol. The minimum Gasteiger partial charge on any atom is -0.497 e. The molecule has 0 bridgehead atoms. The van der Waals surface area contributed by atoms with Crippen molar-refractivity contribution in [3.63, 3.8) is 0 Å². The molecule has 3 aromatic rings. The number of hydrogen-bond acceptors (Lipinski definition) is 7. The molecule has 0 heterocycles. The maximum atomic E-state index is 12.8. The van der Waals surface area contributed by atoms with Crippen LogP contribution in [0.1, 0.15) is 22.8 Å². The van der Waals surface area contributed by atoms with E-state index in [-0.39, 0.29) is 21.9 Å². The number of hydrogen-bond donors (Lipinski definition) is 2. The lowest BCUT2D eigenvalue weighted by Crippen LogP contribution is -2.40.